The molecule has 0 aromatic carbocycles. The Hall–Kier alpha value is -0.930. The van der Waals surface area contributed by atoms with Crippen LogP contribution in [-0.4, -0.2) is 45.4 Å². The highest BCUT2D eigenvalue weighted by atomic mass is 32.2. The fraction of sp³-hybridized carbons (Fsp3) is 0.692. The lowest BCUT2D eigenvalue weighted by Crippen LogP contribution is -2.35. The van der Waals surface area contributed by atoms with Gasteiger partial charge in [-0.05, 0) is 32.9 Å². The third kappa shape index (κ3) is 6.58. The van der Waals surface area contributed by atoms with Crippen LogP contribution in [0.2, 0.25) is 0 Å². The van der Waals surface area contributed by atoms with Crippen LogP contribution in [0.15, 0.2) is 21.6 Å². The fourth-order valence-corrected chi connectivity index (χ4v) is 2.50. The molecule has 0 radical (unpaired) electrons. The zero-order valence-electron chi connectivity index (χ0n) is 12.8. The van der Waals surface area contributed by atoms with Crippen LogP contribution in [-0.2, 0) is 21.3 Å². The number of aliphatic hydroxyl groups is 1. The highest BCUT2D eigenvalue weighted by Gasteiger charge is 2.20. The van der Waals surface area contributed by atoms with Crippen molar-refractivity contribution in [3.8, 4) is 0 Å². The van der Waals surface area contributed by atoms with E-state index in [0.717, 1.165) is 0 Å². The molecule has 0 bridgehead atoms. The van der Waals surface area contributed by atoms with E-state index < -0.39 is 16.1 Å². The molecule has 8 heteroatoms. The van der Waals surface area contributed by atoms with Gasteiger partial charge in [-0.1, -0.05) is 0 Å². The van der Waals surface area contributed by atoms with Crippen molar-refractivity contribution in [2.24, 2.45) is 0 Å². The van der Waals surface area contributed by atoms with E-state index in [0.29, 0.717) is 12.3 Å². The molecule has 1 aromatic rings. The Labute approximate surface area is 125 Å². The summed E-state index contributed by atoms with van der Waals surface area (Å²) in [6.07, 6.45) is -0.901. The van der Waals surface area contributed by atoms with Crippen LogP contribution in [0.3, 0.4) is 0 Å². The summed E-state index contributed by atoms with van der Waals surface area (Å²) in [4.78, 5) is 0. The number of rotatable bonds is 8. The van der Waals surface area contributed by atoms with Crippen molar-refractivity contribution in [3.05, 3.63) is 17.9 Å². The minimum atomic E-state index is -3.77. The van der Waals surface area contributed by atoms with E-state index in [1.807, 2.05) is 20.8 Å². The molecule has 0 aliphatic rings. The normalized spacial score (nSPS) is 14.3. The number of ether oxygens (including phenoxy) is 1. The van der Waals surface area contributed by atoms with Crippen molar-refractivity contribution in [2.75, 3.05) is 20.3 Å². The second-order valence-corrected chi connectivity index (χ2v) is 7.48. The average molecular weight is 320 g/mol. The molecule has 1 unspecified atom stereocenters. The van der Waals surface area contributed by atoms with Crippen molar-refractivity contribution >= 4 is 10.0 Å². The summed E-state index contributed by atoms with van der Waals surface area (Å²) < 4.78 is 36.3. The van der Waals surface area contributed by atoms with E-state index in [1.165, 1.54) is 13.2 Å². The van der Waals surface area contributed by atoms with Crippen LogP contribution in [0.5, 0.6) is 0 Å². The van der Waals surface area contributed by atoms with Crippen LogP contribution in [0.4, 0.5) is 0 Å². The van der Waals surface area contributed by atoms with Gasteiger partial charge in [0.05, 0.1) is 19.3 Å². The van der Waals surface area contributed by atoms with Gasteiger partial charge in [0, 0.05) is 19.2 Å². The van der Waals surface area contributed by atoms with Crippen LogP contribution >= 0.6 is 0 Å². The third-order valence-corrected chi connectivity index (χ3v) is 3.86. The van der Waals surface area contributed by atoms with Gasteiger partial charge in [0.25, 0.3) is 10.0 Å². The molecule has 122 valence electrons. The van der Waals surface area contributed by atoms with E-state index in [2.05, 4.69) is 10.0 Å². The molecule has 0 saturated heterocycles. The van der Waals surface area contributed by atoms with Crippen LogP contribution in [0.25, 0.3) is 0 Å². The lowest BCUT2D eigenvalue weighted by atomic mass is 10.1. The summed E-state index contributed by atoms with van der Waals surface area (Å²) in [5.74, 6) is 0.530. The molecule has 0 spiro atoms. The van der Waals surface area contributed by atoms with Gasteiger partial charge < -0.3 is 19.6 Å². The van der Waals surface area contributed by atoms with Crippen LogP contribution in [0, 0.1) is 0 Å². The van der Waals surface area contributed by atoms with Gasteiger partial charge in [0.15, 0.2) is 0 Å². The maximum Gasteiger partial charge on any atom is 0.274 e. The van der Waals surface area contributed by atoms with Crippen LogP contribution < -0.4 is 10.0 Å². The maximum atomic E-state index is 12.0. The Balaban J connectivity index is 2.62. The summed E-state index contributed by atoms with van der Waals surface area (Å²) in [6.45, 7) is 6.38. The Kier molecular flexibility index (Phi) is 6.36. The van der Waals surface area contributed by atoms with Gasteiger partial charge in [-0.3, -0.25) is 0 Å². The zero-order chi connectivity index (χ0) is 16.1. The molecule has 0 aliphatic heterocycles. The fourth-order valence-electron chi connectivity index (χ4n) is 1.48. The number of hydrogen-bond donors (Lipinski definition) is 3. The summed E-state index contributed by atoms with van der Waals surface area (Å²) in [5, 5.41) is 12.5. The molecule has 1 heterocycles. The molecule has 1 rings (SSSR count). The maximum absolute atomic E-state index is 12.0. The Bertz CT molecular complexity index is 533. The number of hydrogen-bond acceptors (Lipinski definition) is 6. The van der Waals surface area contributed by atoms with E-state index in [9.17, 15) is 13.5 Å². The van der Waals surface area contributed by atoms with E-state index in [1.54, 1.807) is 6.07 Å². The van der Waals surface area contributed by atoms with Gasteiger partial charge >= 0.3 is 0 Å². The van der Waals surface area contributed by atoms with Gasteiger partial charge in [-0.2, -0.15) is 0 Å². The summed E-state index contributed by atoms with van der Waals surface area (Å²) >= 11 is 0. The number of furan rings is 1. The standard InChI is InChI=1S/C13H24N2O5S/c1-13(2,3)14-8-11-5-6-12(20-11)21(17,18)15-7-10(16)9-19-4/h5-6,10,14-16H,7-9H2,1-4H3. The molecular formula is C13H24N2O5S. The Morgan fingerprint density at radius 3 is 2.62 bits per heavy atom. The molecule has 0 amide bonds. The lowest BCUT2D eigenvalue weighted by molar-refractivity contribution is 0.0678. The topological polar surface area (TPSA) is 101 Å². The first-order valence-electron chi connectivity index (χ1n) is 6.64. The van der Waals surface area contributed by atoms with E-state index in [-0.39, 0.29) is 23.8 Å². The van der Waals surface area contributed by atoms with E-state index >= 15 is 0 Å². The van der Waals surface area contributed by atoms with E-state index in [4.69, 9.17) is 9.15 Å². The molecule has 0 fully saturated rings. The van der Waals surface area contributed by atoms with Crippen molar-refractivity contribution in [1.29, 1.82) is 0 Å². The molecule has 3 N–H and O–H groups in total. The quantitative estimate of drug-likeness (QED) is 0.643. The lowest BCUT2D eigenvalue weighted by Gasteiger charge is -2.19. The molecule has 1 atom stereocenters. The summed E-state index contributed by atoms with van der Waals surface area (Å²) in [5.41, 5.74) is -0.0889. The predicted molar refractivity (Wildman–Crippen MR) is 78.4 cm³/mol. The number of methoxy groups -OCH3 is 1. The number of aliphatic hydroxyl groups excluding tert-OH is 1. The van der Waals surface area contributed by atoms with Crippen molar-refractivity contribution in [2.45, 2.75) is 44.1 Å². The summed E-state index contributed by atoms with van der Waals surface area (Å²) in [6, 6.07) is 3.00. The summed E-state index contributed by atoms with van der Waals surface area (Å²) in [7, 11) is -2.34. The molecule has 21 heavy (non-hydrogen) atoms. The van der Waals surface area contributed by atoms with Crippen molar-refractivity contribution in [3.63, 3.8) is 0 Å². The first kappa shape index (κ1) is 18.1. The van der Waals surface area contributed by atoms with Gasteiger partial charge in [-0.15, -0.1) is 0 Å². The third-order valence-electron chi connectivity index (χ3n) is 2.56. The SMILES string of the molecule is COCC(O)CNS(=O)(=O)c1ccc(CNC(C)(C)C)o1. The average Bonchev–Trinajstić information content (AvgIpc) is 2.83. The van der Waals surface area contributed by atoms with Crippen LogP contribution in [0.1, 0.15) is 26.5 Å². The first-order chi connectivity index (χ1) is 9.64. The monoisotopic (exact) mass is 320 g/mol. The second-order valence-electron chi connectivity index (χ2n) is 5.79. The first-order valence-corrected chi connectivity index (χ1v) is 8.13. The zero-order valence-corrected chi connectivity index (χ0v) is 13.7. The highest BCUT2D eigenvalue weighted by molar-refractivity contribution is 7.89. The predicted octanol–water partition coefficient (Wildman–Crippen LogP) is 0.453. The minimum Gasteiger partial charge on any atom is -0.447 e. The molecule has 0 aliphatic carbocycles. The largest absolute Gasteiger partial charge is 0.447 e. The molecule has 7 nitrogen and oxygen atoms in total. The second kappa shape index (κ2) is 7.37. The Morgan fingerprint density at radius 2 is 2.05 bits per heavy atom. The van der Waals surface area contributed by atoms with Gasteiger partial charge in [0.2, 0.25) is 5.09 Å². The molecular weight excluding hydrogens is 296 g/mol. The van der Waals surface area contributed by atoms with Gasteiger partial charge in [-0.25, -0.2) is 13.1 Å². The van der Waals surface area contributed by atoms with Crippen molar-refractivity contribution < 1.29 is 22.7 Å². The van der Waals surface area contributed by atoms with Gasteiger partial charge in [0.1, 0.15) is 5.76 Å². The number of nitrogens with one attached hydrogen (secondary N) is 2. The molecule has 1 aromatic heterocycles. The number of sulfonamides is 1. The smallest absolute Gasteiger partial charge is 0.274 e. The molecule has 0 saturated carbocycles. The Morgan fingerprint density at radius 1 is 1.38 bits per heavy atom. The highest BCUT2D eigenvalue weighted by Crippen LogP contribution is 2.14. The van der Waals surface area contributed by atoms with Crippen molar-refractivity contribution in [1.82, 2.24) is 10.0 Å². The minimum absolute atomic E-state index is 0.0570.